The van der Waals surface area contributed by atoms with Gasteiger partial charge in [0.15, 0.2) is 22.5 Å². The first-order valence-corrected chi connectivity index (χ1v) is 11.7. The van der Waals surface area contributed by atoms with Crippen LogP contribution in [0.4, 0.5) is 10.1 Å². The molecule has 9 heteroatoms. The summed E-state index contributed by atoms with van der Waals surface area (Å²) in [4.78, 5) is 14.8. The number of anilines is 1. The Morgan fingerprint density at radius 1 is 1.09 bits per heavy atom. The number of carbonyl (C=O) groups excluding carboxylic acids is 1. The molecule has 3 rings (SSSR count). The summed E-state index contributed by atoms with van der Waals surface area (Å²) in [5.41, 5.74) is 0.853. The first kappa shape index (κ1) is 24.7. The highest BCUT2D eigenvalue weighted by Gasteiger charge is 2.23. The number of hydrogen-bond donors (Lipinski definition) is 0. The summed E-state index contributed by atoms with van der Waals surface area (Å²) in [6, 6.07) is 15.7. The van der Waals surface area contributed by atoms with E-state index in [0.717, 1.165) is 5.69 Å². The quantitative estimate of drug-likeness (QED) is 0.376. The molecule has 33 heavy (non-hydrogen) atoms. The number of rotatable bonds is 11. The molecule has 0 spiro atoms. The molecule has 7 nitrogen and oxygen atoms in total. The van der Waals surface area contributed by atoms with Gasteiger partial charge in [0.1, 0.15) is 6.61 Å². The van der Waals surface area contributed by atoms with Crippen LogP contribution in [-0.4, -0.2) is 46.2 Å². The number of ether oxygens (including phenoxy) is 2. The Morgan fingerprint density at radius 2 is 1.79 bits per heavy atom. The maximum absolute atomic E-state index is 13.9. The van der Waals surface area contributed by atoms with Crippen molar-refractivity contribution in [3.63, 3.8) is 0 Å². The molecule has 0 aliphatic carbocycles. The third-order valence-corrected chi connectivity index (χ3v) is 5.85. The van der Waals surface area contributed by atoms with Crippen LogP contribution >= 0.6 is 11.8 Å². The number of methoxy groups -OCH3 is 1. The third-order valence-electron chi connectivity index (χ3n) is 4.92. The van der Waals surface area contributed by atoms with Crippen molar-refractivity contribution in [1.82, 2.24) is 14.8 Å². The number of nitrogens with zero attached hydrogens (tertiary/aromatic N) is 4. The zero-order valence-corrected chi connectivity index (χ0v) is 20.1. The van der Waals surface area contributed by atoms with Gasteiger partial charge in [0.25, 0.3) is 0 Å². The van der Waals surface area contributed by atoms with Gasteiger partial charge >= 0.3 is 0 Å². The lowest BCUT2D eigenvalue weighted by molar-refractivity contribution is -0.116. The molecular weight excluding hydrogens is 443 g/mol. The number of halogens is 1. The number of benzene rings is 2. The average molecular weight is 473 g/mol. The molecule has 1 atom stereocenters. The van der Waals surface area contributed by atoms with Crippen molar-refractivity contribution in [2.45, 2.75) is 44.6 Å². The van der Waals surface area contributed by atoms with Gasteiger partial charge in [-0.15, -0.1) is 10.2 Å². The Kier molecular flexibility index (Phi) is 8.85. The minimum atomic E-state index is -0.441. The Labute approximate surface area is 197 Å². The summed E-state index contributed by atoms with van der Waals surface area (Å²) in [5.74, 6) is 0.398. The molecule has 0 radical (unpaired) electrons. The summed E-state index contributed by atoms with van der Waals surface area (Å²) in [6.45, 7) is 6.40. The maximum Gasteiger partial charge on any atom is 0.237 e. The lowest BCUT2D eigenvalue weighted by Crippen LogP contribution is -2.38. The third kappa shape index (κ3) is 6.33. The molecule has 0 aliphatic heterocycles. The fourth-order valence-corrected chi connectivity index (χ4v) is 4.40. The van der Waals surface area contributed by atoms with Crippen LogP contribution in [-0.2, 0) is 16.1 Å². The number of carbonyl (C=O) groups is 1. The van der Waals surface area contributed by atoms with Gasteiger partial charge in [0.2, 0.25) is 5.91 Å². The van der Waals surface area contributed by atoms with E-state index in [-0.39, 0.29) is 36.1 Å². The number of hydrogen-bond acceptors (Lipinski definition) is 6. The zero-order chi connectivity index (χ0) is 23.8. The molecule has 0 fully saturated rings. The average Bonchev–Trinajstić information content (AvgIpc) is 3.21. The van der Waals surface area contributed by atoms with Crippen molar-refractivity contribution in [2.24, 2.45) is 0 Å². The van der Waals surface area contributed by atoms with Crippen molar-refractivity contribution in [2.75, 3.05) is 24.4 Å². The van der Waals surface area contributed by atoms with Crippen molar-refractivity contribution in [3.05, 3.63) is 66.2 Å². The Hall–Kier alpha value is -2.91. The van der Waals surface area contributed by atoms with Crippen LogP contribution in [0.25, 0.3) is 0 Å². The van der Waals surface area contributed by atoms with Gasteiger partial charge in [-0.05, 0) is 45.0 Å². The minimum absolute atomic E-state index is 0.00974. The van der Waals surface area contributed by atoms with E-state index in [1.54, 1.807) is 30.2 Å². The molecule has 1 amide bonds. The fraction of sp³-hybridized carbons (Fsp3) is 0.375. The van der Waals surface area contributed by atoms with Crippen molar-refractivity contribution < 1.29 is 18.7 Å². The fourth-order valence-electron chi connectivity index (χ4n) is 3.48. The van der Waals surface area contributed by atoms with E-state index in [9.17, 15) is 9.18 Å². The number of aromatic nitrogens is 3. The lowest BCUT2D eigenvalue weighted by atomic mass is 10.2. The van der Waals surface area contributed by atoms with Crippen molar-refractivity contribution >= 4 is 23.4 Å². The zero-order valence-electron chi connectivity index (χ0n) is 19.3. The van der Waals surface area contributed by atoms with Crippen LogP contribution in [0.2, 0.25) is 0 Å². The van der Waals surface area contributed by atoms with Gasteiger partial charge in [0.05, 0.1) is 18.4 Å². The summed E-state index contributed by atoms with van der Waals surface area (Å²) in [5, 5.41) is 9.10. The van der Waals surface area contributed by atoms with Gasteiger partial charge < -0.3 is 14.4 Å². The van der Waals surface area contributed by atoms with E-state index < -0.39 is 5.82 Å². The summed E-state index contributed by atoms with van der Waals surface area (Å²) in [6.07, 6.45) is 0. The van der Waals surface area contributed by atoms with Crippen LogP contribution in [0.3, 0.4) is 0 Å². The van der Waals surface area contributed by atoms with Crippen molar-refractivity contribution in [1.29, 1.82) is 0 Å². The minimum Gasteiger partial charge on any atom is -0.483 e. The van der Waals surface area contributed by atoms with E-state index in [1.807, 2.05) is 55.7 Å². The molecule has 176 valence electrons. The second-order valence-electron chi connectivity index (χ2n) is 7.77. The van der Waals surface area contributed by atoms with Crippen LogP contribution in [0.5, 0.6) is 5.75 Å². The first-order valence-electron chi connectivity index (χ1n) is 10.7. The molecule has 0 N–H and O–H groups in total. The molecule has 0 aliphatic rings. The molecule has 2 aromatic carbocycles. The van der Waals surface area contributed by atoms with Gasteiger partial charge in [-0.25, -0.2) is 4.39 Å². The van der Waals surface area contributed by atoms with E-state index >= 15 is 0 Å². The van der Waals surface area contributed by atoms with Gasteiger partial charge in [-0.3, -0.25) is 9.36 Å². The summed E-state index contributed by atoms with van der Waals surface area (Å²) < 4.78 is 26.8. The Morgan fingerprint density at radius 3 is 2.45 bits per heavy atom. The van der Waals surface area contributed by atoms with Gasteiger partial charge in [0, 0.05) is 18.8 Å². The molecule has 1 heterocycles. The maximum atomic E-state index is 13.9. The predicted octanol–water partition coefficient (Wildman–Crippen LogP) is 4.74. The molecule has 0 saturated heterocycles. The lowest BCUT2D eigenvalue weighted by Gasteiger charge is -2.27. The number of para-hydroxylation sites is 2. The largest absolute Gasteiger partial charge is 0.483 e. The Balaban J connectivity index is 1.76. The molecule has 3 aromatic rings. The molecule has 1 aromatic heterocycles. The first-order chi connectivity index (χ1) is 15.9. The van der Waals surface area contributed by atoms with E-state index in [1.165, 1.54) is 17.8 Å². The SMILES string of the molecule is COCC(C)n1c(COc2ccccc2F)nnc1SCC(=O)N(c1ccccc1)C(C)C. The van der Waals surface area contributed by atoms with Crippen LogP contribution in [0.1, 0.15) is 32.6 Å². The smallest absolute Gasteiger partial charge is 0.237 e. The number of thioether (sulfide) groups is 1. The van der Waals surface area contributed by atoms with Crippen LogP contribution < -0.4 is 9.64 Å². The van der Waals surface area contributed by atoms with Crippen LogP contribution in [0, 0.1) is 5.82 Å². The summed E-state index contributed by atoms with van der Waals surface area (Å²) in [7, 11) is 1.62. The number of amides is 1. The highest BCUT2D eigenvalue weighted by atomic mass is 32.2. The van der Waals surface area contributed by atoms with E-state index in [2.05, 4.69) is 10.2 Å². The normalized spacial score (nSPS) is 12.1. The molecular formula is C24H29FN4O3S. The highest BCUT2D eigenvalue weighted by molar-refractivity contribution is 7.99. The standard InChI is InChI=1S/C24H29FN4O3S/c1-17(2)28(19-10-6-5-7-11-19)23(30)16-33-24-27-26-22(29(24)18(3)14-31-4)15-32-21-13-9-8-12-20(21)25/h5-13,17-18H,14-16H2,1-4H3. The Bertz CT molecular complexity index is 1050. The molecule has 1 unspecified atom stereocenters. The highest BCUT2D eigenvalue weighted by Crippen LogP contribution is 2.26. The molecule has 0 bridgehead atoms. The second kappa shape index (κ2) is 11.8. The predicted molar refractivity (Wildman–Crippen MR) is 127 cm³/mol. The van der Waals surface area contributed by atoms with E-state index in [4.69, 9.17) is 9.47 Å². The van der Waals surface area contributed by atoms with Crippen molar-refractivity contribution in [3.8, 4) is 5.75 Å². The topological polar surface area (TPSA) is 69.5 Å². The molecule has 0 saturated carbocycles. The van der Waals surface area contributed by atoms with E-state index in [0.29, 0.717) is 17.6 Å². The monoisotopic (exact) mass is 472 g/mol. The summed E-state index contributed by atoms with van der Waals surface area (Å²) >= 11 is 1.31. The van der Waals surface area contributed by atoms with Gasteiger partial charge in [-0.2, -0.15) is 0 Å². The second-order valence-corrected chi connectivity index (χ2v) is 8.72. The van der Waals surface area contributed by atoms with Crippen LogP contribution in [0.15, 0.2) is 59.8 Å². The van der Waals surface area contributed by atoms with Gasteiger partial charge in [-0.1, -0.05) is 42.1 Å².